The molecule has 0 saturated carbocycles. The summed E-state index contributed by atoms with van der Waals surface area (Å²) in [6.45, 7) is 0. The molecule has 7 heteroatoms. The van der Waals surface area contributed by atoms with Gasteiger partial charge in [0.05, 0.1) is 16.9 Å². The van der Waals surface area contributed by atoms with Crippen molar-refractivity contribution in [3.63, 3.8) is 0 Å². The smallest absolute Gasteiger partial charge is 0.271 e. The number of hydrogen-bond acceptors (Lipinski definition) is 4. The van der Waals surface area contributed by atoms with Crippen molar-refractivity contribution in [3.8, 4) is 11.5 Å². The summed E-state index contributed by atoms with van der Waals surface area (Å²) < 4.78 is 6.77. The number of aromatic hydroxyl groups is 1. The van der Waals surface area contributed by atoms with Crippen molar-refractivity contribution in [1.29, 1.82) is 0 Å². The molecule has 0 fully saturated rings. The van der Waals surface area contributed by atoms with Crippen LogP contribution in [0.25, 0.3) is 0 Å². The summed E-state index contributed by atoms with van der Waals surface area (Å²) in [5, 5.41) is 13.8. The van der Waals surface area contributed by atoms with E-state index in [4.69, 9.17) is 4.74 Å². The Labute approximate surface area is 155 Å². The summed E-state index contributed by atoms with van der Waals surface area (Å²) in [6, 6.07) is 10.4. The number of nitrogens with zero attached hydrogens (tertiary/aromatic N) is 1. The Morgan fingerprint density at radius 2 is 2.09 bits per heavy atom. The second kappa shape index (κ2) is 7.77. The molecule has 1 amide bonds. The predicted octanol–water partition coefficient (Wildman–Crippen LogP) is 3.37. The van der Waals surface area contributed by atoms with Crippen molar-refractivity contribution in [2.45, 2.75) is 0 Å². The maximum atomic E-state index is 12.0. The van der Waals surface area contributed by atoms with Gasteiger partial charge in [-0.2, -0.15) is 5.10 Å². The highest BCUT2D eigenvalue weighted by molar-refractivity contribution is 14.1. The molecule has 0 radical (unpaired) electrons. The molecule has 5 nitrogen and oxygen atoms in total. The fraction of sp³-hybridized carbons (Fsp3) is 0.0667. The maximum Gasteiger partial charge on any atom is 0.271 e. The van der Waals surface area contributed by atoms with Gasteiger partial charge >= 0.3 is 0 Å². The Morgan fingerprint density at radius 3 is 2.82 bits per heavy atom. The van der Waals surface area contributed by atoms with E-state index < -0.39 is 0 Å². The molecule has 0 aliphatic heterocycles. The number of rotatable bonds is 4. The van der Waals surface area contributed by atoms with E-state index in [1.807, 2.05) is 28.7 Å². The summed E-state index contributed by atoms with van der Waals surface area (Å²) >= 11 is 4.19. The summed E-state index contributed by atoms with van der Waals surface area (Å²) in [4.78, 5) is 12.0. The van der Waals surface area contributed by atoms with Crippen LogP contribution in [0.5, 0.6) is 11.5 Å². The van der Waals surface area contributed by atoms with Crippen molar-refractivity contribution < 1.29 is 14.6 Å². The van der Waals surface area contributed by atoms with Crippen LogP contribution in [0.4, 0.5) is 0 Å². The molecular weight excluding hydrogens is 510 g/mol. The Bertz CT molecular complexity index is 733. The second-order valence-electron chi connectivity index (χ2n) is 4.26. The molecule has 22 heavy (non-hydrogen) atoms. The molecule has 114 valence electrons. The lowest BCUT2D eigenvalue weighted by molar-refractivity contribution is 0.0954. The van der Waals surface area contributed by atoms with Gasteiger partial charge in [-0.1, -0.05) is 6.07 Å². The normalized spacial score (nSPS) is 10.7. The van der Waals surface area contributed by atoms with Crippen molar-refractivity contribution in [3.05, 3.63) is 54.7 Å². The molecule has 0 bridgehead atoms. The van der Waals surface area contributed by atoms with Crippen LogP contribution < -0.4 is 10.2 Å². The molecule has 0 aliphatic rings. The molecule has 0 heterocycles. The lowest BCUT2D eigenvalue weighted by Gasteiger charge is -2.04. The Hall–Kier alpha value is -1.36. The second-order valence-corrected chi connectivity index (χ2v) is 6.66. The SMILES string of the molecule is COc1cccc(C(=O)N/N=C\c2cc(I)cc(I)c2O)c1. The molecule has 0 spiro atoms. The standard InChI is InChI=1S/C15H12I2N2O3/c1-22-12-4-2-3-9(6-12)15(21)19-18-8-10-5-11(16)7-13(17)14(10)20/h2-8,20H,1H3,(H,19,21)/b18-8-. The molecule has 0 aromatic heterocycles. The number of nitrogens with one attached hydrogen (secondary N) is 1. The van der Waals surface area contributed by atoms with Crippen LogP contribution in [-0.4, -0.2) is 24.3 Å². The lowest BCUT2D eigenvalue weighted by atomic mass is 10.2. The third kappa shape index (κ3) is 4.32. The van der Waals surface area contributed by atoms with Crippen molar-refractivity contribution in [2.75, 3.05) is 7.11 Å². The minimum absolute atomic E-state index is 0.139. The molecule has 2 aromatic carbocycles. The van der Waals surface area contributed by atoms with Crippen LogP contribution in [0.15, 0.2) is 41.5 Å². The van der Waals surface area contributed by atoms with Gasteiger partial charge in [0.1, 0.15) is 11.5 Å². The number of hydrogen-bond donors (Lipinski definition) is 2. The highest BCUT2D eigenvalue weighted by Gasteiger charge is 2.07. The van der Waals surface area contributed by atoms with E-state index >= 15 is 0 Å². The molecule has 0 saturated heterocycles. The van der Waals surface area contributed by atoms with Gasteiger partial charge in [0.2, 0.25) is 0 Å². The van der Waals surface area contributed by atoms with Gasteiger partial charge in [-0.05, 0) is 75.5 Å². The van der Waals surface area contributed by atoms with Gasteiger partial charge in [-0.3, -0.25) is 4.79 Å². The Balaban J connectivity index is 2.10. The van der Waals surface area contributed by atoms with Gasteiger partial charge < -0.3 is 9.84 Å². The maximum absolute atomic E-state index is 12.0. The number of halogens is 2. The number of phenols is 1. The van der Waals surface area contributed by atoms with Crippen molar-refractivity contribution in [2.24, 2.45) is 5.10 Å². The number of phenolic OH excluding ortho intramolecular Hbond substituents is 1. The van der Waals surface area contributed by atoms with Crippen LogP contribution in [-0.2, 0) is 0 Å². The van der Waals surface area contributed by atoms with E-state index in [0.29, 0.717) is 16.9 Å². The first-order chi connectivity index (χ1) is 10.5. The molecule has 2 N–H and O–H groups in total. The fourth-order valence-corrected chi connectivity index (χ4v) is 3.56. The number of hydrazone groups is 1. The minimum atomic E-state index is -0.352. The average Bonchev–Trinajstić information content (AvgIpc) is 2.51. The van der Waals surface area contributed by atoms with E-state index in [2.05, 4.69) is 33.1 Å². The van der Waals surface area contributed by atoms with Gasteiger partial charge in [-0.15, -0.1) is 0 Å². The zero-order valence-corrected chi connectivity index (χ0v) is 15.8. The molecule has 0 unspecified atom stereocenters. The quantitative estimate of drug-likeness (QED) is 0.368. The average molecular weight is 522 g/mol. The largest absolute Gasteiger partial charge is 0.506 e. The third-order valence-electron chi connectivity index (χ3n) is 2.76. The lowest BCUT2D eigenvalue weighted by Crippen LogP contribution is -2.17. The topological polar surface area (TPSA) is 70.9 Å². The van der Waals surface area contributed by atoms with Crippen LogP contribution in [0.3, 0.4) is 0 Å². The molecule has 2 rings (SSSR count). The Kier molecular flexibility index (Phi) is 6.00. The first kappa shape index (κ1) is 17.0. The van der Waals surface area contributed by atoms with E-state index in [9.17, 15) is 9.90 Å². The van der Waals surface area contributed by atoms with Crippen LogP contribution >= 0.6 is 45.2 Å². The van der Waals surface area contributed by atoms with Crippen LogP contribution in [0, 0.1) is 7.14 Å². The van der Waals surface area contributed by atoms with Crippen molar-refractivity contribution >= 4 is 57.3 Å². The number of carbonyl (C=O) groups excluding carboxylic acids is 1. The number of benzene rings is 2. The fourth-order valence-electron chi connectivity index (χ4n) is 1.67. The molecular formula is C15H12I2N2O3. The summed E-state index contributed by atoms with van der Waals surface area (Å²) in [7, 11) is 1.54. The number of carbonyl (C=O) groups is 1. The summed E-state index contributed by atoms with van der Waals surface area (Å²) in [5.74, 6) is 0.386. The minimum Gasteiger partial charge on any atom is -0.506 e. The molecule has 0 atom stereocenters. The first-order valence-corrected chi connectivity index (χ1v) is 8.32. The number of ether oxygens (including phenoxy) is 1. The van der Waals surface area contributed by atoms with Crippen LogP contribution in [0.1, 0.15) is 15.9 Å². The van der Waals surface area contributed by atoms with E-state index in [0.717, 1.165) is 7.14 Å². The number of methoxy groups -OCH3 is 1. The van der Waals surface area contributed by atoms with E-state index in [-0.39, 0.29) is 11.7 Å². The molecule has 0 aliphatic carbocycles. The van der Waals surface area contributed by atoms with Gasteiger partial charge in [-0.25, -0.2) is 5.43 Å². The highest BCUT2D eigenvalue weighted by atomic mass is 127. The zero-order valence-electron chi connectivity index (χ0n) is 11.5. The third-order valence-corrected chi connectivity index (χ3v) is 4.20. The highest BCUT2D eigenvalue weighted by Crippen LogP contribution is 2.25. The van der Waals surface area contributed by atoms with Gasteiger partial charge in [0, 0.05) is 14.7 Å². The first-order valence-electron chi connectivity index (χ1n) is 6.16. The predicted molar refractivity (Wildman–Crippen MR) is 102 cm³/mol. The summed E-state index contributed by atoms with van der Waals surface area (Å²) in [5.41, 5.74) is 3.41. The monoisotopic (exact) mass is 522 g/mol. The summed E-state index contributed by atoms with van der Waals surface area (Å²) in [6.07, 6.45) is 1.41. The van der Waals surface area contributed by atoms with Crippen molar-refractivity contribution in [1.82, 2.24) is 5.43 Å². The zero-order chi connectivity index (χ0) is 16.1. The molecule has 2 aromatic rings. The Morgan fingerprint density at radius 1 is 1.32 bits per heavy atom. The van der Waals surface area contributed by atoms with Gasteiger partial charge in [0.25, 0.3) is 5.91 Å². The van der Waals surface area contributed by atoms with E-state index in [1.165, 1.54) is 13.3 Å². The van der Waals surface area contributed by atoms with E-state index in [1.54, 1.807) is 30.3 Å². The van der Waals surface area contributed by atoms with Crippen LogP contribution in [0.2, 0.25) is 0 Å². The number of amides is 1. The van der Waals surface area contributed by atoms with Gasteiger partial charge in [0.15, 0.2) is 0 Å².